The van der Waals surface area contributed by atoms with E-state index < -0.39 is 11.9 Å². The molecule has 0 aliphatic carbocycles. The van der Waals surface area contributed by atoms with Crippen LogP contribution in [0.25, 0.3) is 0 Å². The van der Waals surface area contributed by atoms with Crippen molar-refractivity contribution in [2.45, 2.75) is 72.1 Å². The number of amides is 1. The zero-order chi connectivity index (χ0) is 15.8. The van der Waals surface area contributed by atoms with Crippen LogP contribution in [-0.4, -0.2) is 17.8 Å². The fraction of sp³-hybridized carbons (Fsp3) is 0.786. The van der Waals surface area contributed by atoms with Gasteiger partial charge in [-0.15, -0.1) is 0 Å². The third-order valence-corrected chi connectivity index (χ3v) is 2.36. The van der Waals surface area contributed by atoms with Crippen molar-refractivity contribution in [1.82, 2.24) is 5.48 Å². The number of nitrogens with one attached hydrogen (secondary N) is 1. The van der Waals surface area contributed by atoms with Gasteiger partial charge in [0.2, 0.25) is 0 Å². The number of carbonyl (C=O) groups is 3. The Kier molecular flexibility index (Phi) is 23.4. The van der Waals surface area contributed by atoms with E-state index in [0.29, 0.717) is 6.42 Å². The first-order valence-corrected chi connectivity index (χ1v) is 7.16. The summed E-state index contributed by atoms with van der Waals surface area (Å²) in [5.74, 6) is -1.62. The van der Waals surface area contributed by atoms with Gasteiger partial charge in [-0.05, 0) is 12.8 Å². The van der Waals surface area contributed by atoms with Crippen LogP contribution >= 0.6 is 0 Å². The van der Waals surface area contributed by atoms with Crippen molar-refractivity contribution in [1.29, 1.82) is 0 Å². The van der Waals surface area contributed by atoms with Crippen LogP contribution < -0.4 is 40.1 Å². The van der Waals surface area contributed by atoms with E-state index in [2.05, 4.69) is 17.2 Å². The van der Waals surface area contributed by atoms with Crippen LogP contribution in [-0.2, 0) is 19.2 Å². The van der Waals surface area contributed by atoms with E-state index in [-0.39, 0.29) is 48.3 Å². The standard InChI is InChI=1S/C11H21NO3.C3H6O2.Na/c1-3-5-6-7-8-9-10(13)12-15-11(14)4-2;1-2-3(4)5;/h3-9H2,1-2H3,(H,12,13);2H2,1H3,(H,4,5);/q;;+1/p-1. The number of carboxylic acids is 1. The van der Waals surface area contributed by atoms with Crippen LogP contribution in [0, 0.1) is 0 Å². The maximum atomic E-state index is 11.1. The molecule has 0 aliphatic heterocycles. The minimum Gasteiger partial charge on any atom is -0.550 e. The molecule has 0 heterocycles. The molecular formula is C14H26NNaO5. The van der Waals surface area contributed by atoms with E-state index in [1.54, 1.807) is 6.92 Å². The van der Waals surface area contributed by atoms with Crippen LogP contribution in [0.2, 0.25) is 0 Å². The number of carbonyl (C=O) groups excluding carboxylic acids is 3. The number of hydrogen-bond donors (Lipinski definition) is 1. The molecule has 0 saturated carbocycles. The monoisotopic (exact) mass is 311 g/mol. The molecule has 0 radical (unpaired) electrons. The van der Waals surface area contributed by atoms with E-state index >= 15 is 0 Å². The number of rotatable bonds is 8. The minimum absolute atomic E-state index is 0. The fourth-order valence-corrected chi connectivity index (χ4v) is 1.13. The number of hydrogen-bond acceptors (Lipinski definition) is 5. The van der Waals surface area contributed by atoms with Gasteiger partial charge in [0.05, 0.1) is 0 Å². The maximum absolute atomic E-state index is 11.1. The molecule has 0 saturated heterocycles. The molecular weight excluding hydrogens is 285 g/mol. The first-order valence-electron chi connectivity index (χ1n) is 7.16. The molecule has 0 aromatic rings. The Morgan fingerprint density at radius 2 is 1.48 bits per heavy atom. The van der Waals surface area contributed by atoms with Gasteiger partial charge in [-0.2, -0.15) is 5.48 Å². The summed E-state index contributed by atoms with van der Waals surface area (Å²) < 4.78 is 0. The van der Waals surface area contributed by atoms with Gasteiger partial charge in [0.25, 0.3) is 5.91 Å². The molecule has 1 N–H and O–H groups in total. The predicted molar refractivity (Wildman–Crippen MR) is 73.2 cm³/mol. The van der Waals surface area contributed by atoms with E-state index in [4.69, 9.17) is 0 Å². The van der Waals surface area contributed by atoms with Crippen molar-refractivity contribution in [2.75, 3.05) is 0 Å². The molecule has 0 rings (SSSR count). The Labute approximate surface area is 149 Å². The van der Waals surface area contributed by atoms with Crippen molar-refractivity contribution < 1.29 is 53.9 Å². The average Bonchev–Trinajstić information content (AvgIpc) is 2.45. The van der Waals surface area contributed by atoms with Crippen molar-refractivity contribution >= 4 is 17.8 Å². The average molecular weight is 311 g/mol. The topological polar surface area (TPSA) is 95.5 Å². The molecule has 0 fully saturated rings. The molecule has 7 heteroatoms. The van der Waals surface area contributed by atoms with Crippen molar-refractivity contribution in [3.63, 3.8) is 0 Å². The van der Waals surface area contributed by atoms with Crippen LogP contribution in [0.4, 0.5) is 0 Å². The molecule has 118 valence electrons. The second-order valence-electron chi connectivity index (χ2n) is 4.24. The molecule has 21 heavy (non-hydrogen) atoms. The molecule has 0 unspecified atom stereocenters. The molecule has 0 atom stereocenters. The van der Waals surface area contributed by atoms with Gasteiger partial charge in [-0.25, -0.2) is 4.79 Å². The van der Waals surface area contributed by atoms with Crippen molar-refractivity contribution in [3.05, 3.63) is 0 Å². The summed E-state index contributed by atoms with van der Waals surface area (Å²) in [6.07, 6.45) is 6.31. The fourth-order valence-electron chi connectivity index (χ4n) is 1.13. The van der Waals surface area contributed by atoms with Crippen LogP contribution in [0.5, 0.6) is 0 Å². The van der Waals surface area contributed by atoms with Gasteiger partial charge in [0.1, 0.15) is 0 Å². The third-order valence-electron chi connectivity index (χ3n) is 2.36. The second kappa shape index (κ2) is 19.4. The predicted octanol–water partition coefficient (Wildman–Crippen LogP) is -1.52. The summed E-state index contributed by atoms with van der Waals surface area (Å²) in [4.78, 5) is 35.6. The summed E-state index contributed by atoms with van der Waals surface area (Å²) in [6, 6.07) is 0. The Morgan fingerprint density at radius 3 is 1.90 bits per heavy atom. The van der Waals surface area contributed by atoms with Gasteiger partial charge in [-0.3, -0.25) is 4.79 Å². The Morgan fingerprint density at radius 1 is 0.952 bits per heavy atom. The smallest absolute Gasteiger partial charge is 0.550 e. The maximum Gasteiger partial charge on any atom is 1.00 e. The summed E-state index contributed by atoms with van der Waals surface area (Å²) in [7, 11) is 0. The van der Waals surface area contributed by atoms with E-state index in [1.807, 2.05) is 0 Å². The summed E-state index contributed by atoms with van der Waals surface area (Å²) in [6.45, 7) is 5.37. The van der Waals surface area contributed by atoms with Gasteiger partial charge in [0.15, 0.2) is 0 Å². The first-order chi connectivity index (χ1) is 9.47. The second-order valence-corrected chi connectivity index (χ2v) is 4.24. The summed E-state index contributed by atoms with van der Waals surface area (Å²) >= 11 is 0. The zero-order valence-electron chi connectivity index (χ0n) is 13.7. The molecule has 0 bridgehead atoms. The SMILES string of the molecule is CCC(=O)[O-].CCCCCCCC(=O)NOC(=O)CC.[Na+]. The molecule has 0 spiro atoms. The largest absolute Gasteiger partial charge is 1.00 e. The number of hydroxylamine groups is 1. The van der Waals surface area contributed by atoms with Crippen LogP contribution in [0.3, 0.4) is 0 Å². The van der Waals surface area contributed by atoms with E-state index in [9.17, 15) is 19.5 Å². The minimum atomic E-state index is -0.995. The van der Waals surface area contributed by atoms with Crippen molar-refractivity contribution in [2.24, 2.45) is 0 Å². The molecule has 0 aromatic carbocycles. The number of aliphatic carboxylic acids is 1. The number of carboxylic acid groups (broad SMARTS) is 1. The Bertz CT molecular complexity index is 285. The third kappa shape index (κ3) is 24.8. The molecule has 1 amide bonds. The van der Waals surface area contributed by atoms with E-state index in [1.165, 1.54) is 26.2 Å². The van der Waals surface area contributed by atoms with Gasteiger partial charge in [0, 0.05) is 18.8 Å². The van der Waals surface area contributed by atoms with E-state index in [0.717, 1.165) is 12.8 Å². The Balaban J connectivity index is -0.000000465. The van der Waals surface area contributed by atoms with Crippen molar-refractivity contribution in [3.8, 4) is 0 Å². The first kappa shape index (κ1) is 25.4. The Hall–Kier alpha value is -0.590. The summed E-state index contributed by atoms with van der Waals surface area (Å²) in [5.41, 5.74) is 2.14. The van der Waals surface area contributed by atoms with Crippen LogP contribution in [0.1, 0.15) is 72.1 Å². The van der Waals surface area contributed by atoms with Gasteiger partial charge in [-0.1, -0.05) is 46.5 Å². The zero-order valence-corrected chi connectivity index (χ0v) is 15.7. The normalized spacial score (nSPS) is 8.71. The van der Waals surface area contributed by atoms with Gasteiger partial charge < -0.3 is 14.7 Å². The van der Waals surface area contributed by atoms with Gasteiger partial charge >= 0.3 is 35.5 Å². The number of unbranched alkanes of at least 4 members (excludes halogenated alkanes) is 4. The summed E-state index contributed by atoms with van der Waals surface area (Å²) in [5, 5.41) is 9.26. The molecule has 0 aliphatic rings. The quantitative estimate of drug-likeness (QED) is 0.334. The molecule has 6 nitrogen and oxygen atoms in total. The molecule has 0 aromatic heterocycles. The van der Waals surface area contributed by atoms with Crippen LogP contribution in [0.15, 0.2) is 0 Å².